The number of rotatable bonds is 11. The van der Waals surface area contributed by atoms with Crippen LogP contribution in [0.25, 0.3) is 10.9 Å². The van der Waals surface area contributed by atoms with Gasteiger partial charge >= 0.3 is 0 Å². The summed E-state index contributed by atoms with van der Waals surface area (Å²) in [5.41, 5.74) is 3.67. The number of ether oxygens (including phenoxy) is 2. The summed E-state index contributed by atoms with van der Waals surface area (Å²) in [5.74, 6) is 2.03. The van der Waals surface area contributed by atoms with Gasteiger partial charge in [0.25, 0.3) is 0 Å². The number of piperidine rings is 1. The molecule has 0 bridgehead atoms. The summed E-state index contributed by atoms with van der Waals surface area (Å²) in [6, 6.07) is 14.4. The molecule has 0 unspecified atom stereocenters. The van der Waals surface area contributed by atoms with Crippen molar-refractivity contribution >= 4 is 16.8 Å². The van der Waals surface area contributed by atoms with Gasteiger partial charge in [-0.05, 0) is 80.7 Å². The molecule has 1 fully saturated rings. The van der Waals surface area contributed by atoms with Crippen LogP contribution in [0, 0.1) is 5.92 Å². The van der Waals surface area contributed by atoms with Crippen LogP contribution in [0.3, 0.4) is 0 Å². The van der Waals surface area contributed by atoms with Gasteiger partial charge in [-0.15, -0.1) is 0 Å². The molecule has 0 saturated carbocycles. The number of aromatic nitrogens is 1. The highest BCUT2D eigenvalue weighted by Crippen LogP contribution is 2.28. The van der Waals surface area contributed by atoms with Crippen molar-refractivity contribution in [2.75, 3.05) is 26.8 Å². The summed E-state index contributed by atoms with van der Waals surface area (Å²) < 4.78 is 13.5. The fourth-order valence-electron chi connectivity index (χ4n) is 4.83. The van der Waals surface area contributed by atoms with Gasteiger partial charge in [0.05, 0.1) is 13.7 Å². The third-order valence-corrected chi connectivity index (χ3v) is 7.02. The Hall–Kier alpha value is -2.99. The Morgan fingerprint density at radius 2 is 1.80 bits per heavy atom. The zero-order valence-corrected chi connectivity index (χ0v) is 21.4. The number of unbranched alkanes of at least 4 members (excludes halogenated alkanes) is 1. The van der Waals surface area contributed by atoms with Crippen molar-refractivity contribution in [3.05, 3.63) is 59.8 Å². The lowest BCUT2D eigenvalue weighted by atomic mass is 9.95. The molecule has 4 rings (SSSR count). The van der Waals surface area contributed by atoms with Crippen molar-refractivity contribution in [2.24, 2.45) is 5.92 Å². The van der Waals surface area contributed by atoms with Crippen LogP contribution in [-0.4, -0.2) is 42.2 Å². The minimum atomic E-state index is 0.0833. The van der Waals surface area contributed by atoms with Gasteiger partial charge in [0.2, 0.25) is 5.91 Å². The molecule has 0 atom stereocenters. The van der Waals surface area contributed by atoms with Crippen LogP contribution in [-0.2, 0) is 24.4 Å². The molecular weight excluding hydrogens is 438 g/mol. The fourth-order valence-corrected chi connectivity index (χ4v) is 4.83. The molecule has 35 heavy (non-hydrogen) atoms. The lowest BCUT2D eigenvalue weighted by molar-refractivity contribution is -0.126. The molecule has 0 aliphatic carbocycles. The second-order valence-corrected chi connectivity index (χ2v) is 9.44. The Morgan fingerprint density at radius 1 is 1.06 bits per heavy atom. The highest BCUT2D eigenvalue weighted by atomic mass is 16.5. The van der Waals surface area contributed by atoms with E-state index in [1.54, 1.807) is 7.11 Å². The molecule has 2 aromatic carbocycles. The predicted octanol–water partition coefficient (Wildman–Crippen LogP) is 5.38. The molecule has 1 N–H and O–H groups in total. The molecule has 1 amide bonds. The van der Waals surface area contributed by atoms with E-state index in [1.807, 2.05) is 30.3 Å². The number of nitrogens with one attached hydrogen (secondary N) is 1. The summed E-state index contributed by atoms with van der Waals surface area (Å²) >= 11 is 0. The molecule has 6 heteroatoms. The number of methoxy groups -OCH3 is 1. The molecule has 1 aliphatic heterocycles. The van der Waals surface area contributed by atoms with Gasteiger partial charge in [0.1, 0.15) is 11.5 Å². The van der Waals surface area contributed by atoms with E-state index in [0.29, 0.717) is 6.54 Å². The molecule has 1 aromatic heterocycles. The number of amides is 1. The third-order valence-electron chi connectivity index (χ3n) is 7.02. The van der Waals surface area contributed by atoms with Crippen LogP contribution in [0.2, 0.25) is 0 Å². The standard InChI is InChI=1S/C29H39N3O3/c1-4-6-17-35-25-9-7-22(8-10-25)19-30-29(33)23-13-15-31(16-14-23)20-24-21-32(5-2)28-12-11-26(34-3)18-27(24)28/h7-12,18,21,23H,4-6,13-17,19-20H2,1-3H3,(H,30,33). The number of fused-ring (bicyclic) bond motifs is 1. The number of hydrogen-bond donors (Lipinski definition) is 1. The first kappa shape index (κ1) is 25.1. The van der Waals surface area contributed by atoms with E-state index in [9.17, 15) is 4.79 Å². The second-order valence-electron chi connectivity index (χ2n) is 9.44. The van der Waals surface area contributed by atoms with Gasteiger partial charge in [-0.25, -0.2) is 0 Å². The molecule has 1 saturated heterocycles. The number of carbonyl (C=O) groups excluding carboxylic acids is 1. The number of carbonyl (C=O) groups is 1. The van der Waals surface area contributed by atoms with Gasteiger partial charge in [0, 0.05) is 42.7 Å². The van der Waals surface area contributed by atoms with Crippen molar-refractivity contribution in [2.45, 2.75) is 59.2 Å². The van der Waals surface area contributed by atoms with E-state index < -0.39 is 0 Å². The Morgan fingerprint density at radius 3 is 2.49 bits per heavy atom. The molecule has 3 aromatic rings. The molecule has 188 valence electrons. The molecule has 6 nitrogen and oxygen atoms in total. The number of benzene rings is 2. The van der Waals surface area contributed by atoms with E-state index in [1.165, 1.54) is 16.5 Å². The highest BCUT2D eigenvalue weighted by molar-refractivity contribution is 5.85. The summed E-state index contributed by atoms with van der Waals surface area (Å²) in [5, 5.41) is 4.39. The maximum Gasteiger partial charge on any atom is 0.223 e. The molecular formula is C29H39N3O3. The summed E-state index contributed by atoms with van der Waals surface area (Å²) in [7, 11) is 1.71. The van der Waals surface area contributed by atoms with Crippen LogP contribution < -0.4 is 14.8 Å². The maximum atomic E-state index is 12.8. The minimum Gasteiger partial charge on any atom is -0.497 e. The van der Waals surface area contributed by atoms with Crippen LogP contribution in [0.4, 0.5) is 0 Å². The predicted molar refractivity (Wildman–Crippen MR) is 141 cm³/mol. The van der Waals surface area contributed by atoms with E-state index in [4.69, 9.17) is 9.47 Å². The summed E-state index contributed by atoms with van der Waals surface area (Å²) in [4.78, 5) is 15.3. The second kappa shape index (κ2) is 12.1. The zero-order chi connectivity index (χ0) is 24.6. The lowest BCUT2D eigenvalue weighted by Crippen LogP contribution is -2.40. The minimum absolute atomic E-state index is 0.0833. The van der Waals surface area contributed by atoms with Crippen LogP contribution >= 0.6 is 0 Å². The van der Waals surface area contributed by atoms with Crippen LogP contribution in [0.1, 0.15) is 50.7 Å². The van der Waals surface area contributed by atoms with Gasteiger partial charge in [-0.1, -0.05) is 25.5 Å². The number of nitrogens with zero attached hydrogens (tertiary/aromatic N) is 2. The van der Waals surface area contributed by atoms with E-state index >= 15 is 0 Å². The van der Waals surface area contributed by atoms with Gasteiger partial charge in [-0.3, -0.25) is 9.69 Å². The third kappa shape index (κ3) is 6.37. The smallest absolute Gasteiger partial charge is 0.223 e. The first-order valence-electron chi connectivity index (χ1n) is 13.0. The van der Waals surface area contributed by atoms with Crippen molar-refractivity contribution in [1.82, 2.24) is 14.8 Å². The largest absolute Gasteiger partial charge is 0.497 e. The Balaban J connectivity index is 1.26. The molecule has 0 spiro atoms. The molecule has 1 aliphatic rings. The number of hydrogen-bond acceptors (Lipinski definition) is 4. The monoisotopic (exact) mass is 477 g/mol. The van der Waals surface area contributed by atoms with Crippen molar-refractivity contribution < 1.29 is 14.3 Å². The first-order valence-corrected chi connectivity index (χ1v) is 13.0. The van der Waals surface area contributed by atoms with Crippen molar-refractivity contribution in [3.63, 3.8) is 0 Å². The number of likely N-dealkylation sites (tertiary alicyclic amines) is 1. The SMILES string of the molecule is CCCCOc1ccc(CNC(=O)C2CCN(Cc3cn(CC)c4ccc(OC)cc34)CC2)cc1. The van der Waals surface area contributed by atoms with Gasteiger partial charge in [-0.2, -0.15) is 0 Å². The van der Waals surface area contributed by atoms with Crippen LogP contribution in [0.5, 0.6) is 11.5 Å². The highest BCUT2D eigenvalue weighted by Gasteiger charge is 2.25. The van der Waals surface area contributed by atoms with E-state index in [2.05, 4.69) is 47.0 Å². The topological polar surface area (TPSA) is 55.7 Å². The maximum absolute atomic E-state index is 12.8. The summed E-state index contributed by atoms with van der Waals surface area (Å²) in [6.07, 6.45) is 6.25. The quantitative estimate of drug-likeness (QED) is 0.377. The lowest BCUT2D eigenvalue weighted by Gasteiger charge is -2.31. The average Bonchev–Trinajstić information content (AvgIpc) is 3.25. The normalized spacial score (nSPS) is 14.8. The van der Waals surface area contributed by atoms with Crippen molar-refractivity contribution in [3.8, 4) is 11.5 Å². The zero-order valence-electron chi connectivity index (χ0n) is 21.4. The average molecular weight is 478 g/mol. The first-order chi connectivity index (χ1) is 17.1. The Labute approximate surface area is 209 Å². The van der Waals surface area contributed by atoms with Crippen molar-refractivity contribution in [1.29, 1.82) is 0 Å². The Kier molecular flexibility index (Phi) is 8.69. The Bertz CT molecular complexity index is 1100. The van der Waals surface area contributed by atoms with Crippen LogP contribution in [0.15, 0.2) is 48.7 Å². The van der Waals surface area contributed by atoms with Gasteiger partial charge in [0.15, 0.2) is 0 Å². The molecule has 2 heterocycles. The summed E-state index contributed by atoms with van der Waals surface area (Å²) in [6.45, 7) is 9.36. The fraction of sp³-hybridized carbons (Fsp3) is 0.483. The van der Waals surface area contributed by atoms with E-state index in [0.717, 1.165) is 75.5 Å². The molecule has 0 radical (unpaired) electrons. The number of aryl methyl sites for hydroxylation is 1. The van der Waals surface area contributed by atoms with E-state index in [-0.39, 0.29) is 11.8 Å². The van der Waals surface area contributed by atoms with Gasteiger partial charge < -0.3 is 19.4 Å².